The van der Waals surface area contributed by atoms with E-state index < -0.39 is 11.7 Å². The monoisotopic (exact) mass is 649 g/mol. The van der Waals surface area contributed by atoms with E-state index >= 15 is 0 Å². The number of nitrogens with zero attached hydrogens (tertiary/aromatic N) is 5. The van der Waals surface area contributed by atoms with Gasteiger partial charge in [-0.1, -0.05) is 23.5 Å². The number of hydrogen-bond donors (Lipinski definition) is 4. The van der Waals surface area contributed by atoms with E-state index in [-0.39, 0.29) is 0 Å². The first-order valence-corrected chi connectivity index (χ1v) is 15.8. The second kappa shape index (κ2) is 13.1. The Balaban J connectivity index is 1.01. The largest absolute Gasteiger partial charge is 0.416 e. The molecule has 0 amide bonds. The van der Waals surface area contributed by atoms with Crippen LogP contribution in [0.25, 0.3) is 11.4 Å². The van der Waals surface area contributed by atoms with Crippen LogP contribution in [-0.2, 0) is 6.18 Å². The summed E-state index contributed by atoms with van der Waals surface area (Å²) in [4.78, 5) is 6.72. The average Bonchev–Trinajstić information content (AvgIpc) is 3.81. The SMILES string of the molecule is Cc1cc(NNc2ccc(NNc3ccc(N4CCCC4)s3)cc2C)ccc1/N=N/c1nc(-c2ccc(C(F)(F)F)cc2)ns1. The predicted octanol–water partition coefficient (Wildman–Crippen LogP) is 9.80. The number of hydrogen-bond acceptors (Lipinski definition) is 11. The Morgan fingerprint density at radius 1 is 0.778 bits per heavy atom. The highest BCUT2D eigenvalue weighted by atomic mass is 32.1. The highest BCUT2D eigenvalue weighted by Gasteiger charge is 2.30. The van der Waals surface area contributed by atoms with E-state index in [4.69, 9.17) is 0 Å². The van der Waals surface area contributed by atoms with Gasteiger partial charge in [0, 0.05) is 30.2 Å². The molecule has 1 fully saturated rings. The van der Waals surface area contributed by atoms with E-state index in [0.29, 0.717) is 22.2 Å². The fourth-order valence-electron chi connectivity index (χ4n) is 4.78. The van der Waals surface area contributed by atoms with Gasteiger partial charge < -0.3 is 21.2 Å². The zero-order valence-corrected chi connectivity index (χ0v) is 26.1. The van der Waals surface area contributed by atoms with Crippen LogP contribution in [0.15, 0.2) is 83.0 Å². The maximum atomic E-state index is 12.8. The van der Waals surface area contributed by atoms with Crippen molar-refractivity contribution in [3.63, 3.8) is 0 Å². The van der Waals surface area contributed by atoms with Crippen LogP contribution in [0, 0.1) is 13.8 Å². The molecule has 14 heteroatoms. The van der Waals surface area contributed by atoms with Crippen LogP contribution in [-0.4, -0.2) is 22.4 Å². The number of aromatic nitrogens is 2. The first-order chi connectivity index (χ1) is 21.7. The van der Waals surface area contributed by atoms with Crippen molar-refractivity contribution in [1.82, 2.24) is 9.36 Å². The number of rotatable bonds is 10. The lowest BCUT2D eigenvalue weighted by Crippen LogP contribution is -2.15. The van der Waals surface area contributed by atoms with E-state index in [9.17, 15) is 13.2 Å². The summed E-state index contributed by atoms with van der Waals surface area (Å²) in [6.45, 7) is 6.23. The summed E-state index contributed by atoms with van der Waals surface area (Å²) in [5.41, 5.74) is 18.2. The van der Waals surface area contributed by atoms with Crippen LogP contribution >= 0.6 is 22.9 Å². The van der Waals surface area contributed by atoms with Crippen molar-refractivity contribution < 1.29 is 13.2 Å². The second-order valence-corrected chi connectivity index (χ2v) is 12.3. The molecule has 2 aromatic heterocycles. The number of azo groups is 1. The zero-order valence-electron chi connectivity index (χ0n) is 24.4. The quantitative estimate of drug-likeness (QED) is 0.0882. The Bertz CT molecular complexity index is 1790. The topological polar surface area (TPSA) is 102 Å². The zero-order chi connectivity index (χ0) is 31.4. The van der Waals surface area contributed by atoms with Crippen molar-refractivity contribution in [3.05, 3.63) is 89.5 Å². The van der Waals surface area contributed by atoms with Gasteiger partial charge in [-0.15, -0.1) is 10.2 Å². The number of benzene rings is 3. The molecule has 1 aliphatic rings. The van der Waals surface area contributed by atoms with Gasteiger partial charge in [-0.3, -0.25) is 5.43 Å². The third kappa shape index (κ3) is 7.52. The molecule has 0 aliphatic carbocycles. The van der Waals surface area contributed by atoms with Gasteiger partial charge in [-0.2, -0.15) is 22.5 Å². The normalized spacial score (nSPS) is 13.4. The number of hydrazine groups is 2. The number of aryl methyl sites for hydroxylation is 2. The van der Waals surface area contributed by atoms with Crippen LogP contribution < -0.4 is 26.6 Å². The standard InChI is InChI=1S/C31H30F3N9S2/c1-19-18-24(37-40-27-13-14-28(44-27)43-15-3-4-16-43)10-11-25(19)38-36-23-9-12-26(20(2)17-23)39-41-30-35-29(42-45-30)21-5-7-22(8-6-21)31(32,33)34/h5-14,17-18,36-38,40H,3-4,15-16H2,1-2H3/b41-39+. The van der Waals surface area contributed by atoms with Crippen molar-refractivity contribution in [2.24, 2.45) is 10.2 Å². The third-order valence-corrected chi connectivity index (χ3v) is 8.90. The first kappa shape index (κ1) is 30.3. The molecule has 5 aromatic rings. The molecule has 0 bridgehead atoms. The van der Waals surface area contributed by atoms with Gasteiger partial charge in [0.05, 0.1) is 33.3 Å². The summed E-state index contributed by atoms with van der Waals surface area (Å²) in [6, 6.07) is 20.7. The molecule has 9 nitrogen and oxygen atoms in total. The van der Waals surface area contributed by atoms with E-state index in [2.05, 4.69) is 64.4 Å². The molecule has 232 valence electrons. The molecule has 1 saturated heterocycles. The summed E-state index contributed by atoms with van der Waals surface area (Å²) in [5.74, 6) is 0.300. The van der Waals surface area contributed by atoms with Crippen molar-refractivity contribution in [1.29, 1.82) is 0 Å². The summed E-state index contributed by atoms with van der Waals surface area (Å²) < 4.78 is 42.7. The smallest absolute Gasteiger partial charge is 0.363 e. The summed E-state index contributed by atoms with van der Waals surface area (Å²) in [5, 5.41) is 11.2. The van der Waals surface area contributed by atoms with Crippen LogP contribution in [0.2, 0.25) is 0 Å². The minimum Gasteiger partial charge on any atom is -0.363 e. The van der Waals surface area contributed by atoms with Gasteiger partial charge in [0.2, 0.25) is 5.13 Å². The number of alkyl halides is 3. The van der Waals surface area contributed by atoms with Crippen molar-refractivity contribution >= 4 is 60.8 Å². The Morgan fingerprint density at radius 3 is 2.20 bits per heavy atom. The molecule has 45 heavy (non-hydrogen) atoms. The Hall–Kier alpha value is -4.69. The maximum absolute atomic E-state index is 12.8. The molecule has 0 atom stereocenters. The van der Waals surface area contributed by atoms with Gasteiger partial charge >= 0.3 is 6.18 Å². The van der Waals surface area contributed by atoms with Gasteiger partial charge in [0.25, 0.3) is 0 Å². The first-order valence-electron chi connectivity index (χ1n) is 14.2. The van der Waals surface area contributed by atoms with Gasteiger partial charge in [0.1, 0.15) is 5.00 Å². The van der Waals surface area contributed by atoms with E-state index in [1.54, 1.807) is 11.3 Å². The summed E-state index contributed by atoms with van der Waals surface area (Å²) in [7, 11) is 0. The van der Waals surface area contributed by atoms with Gasteiger partial charge in [-0.25, -0.2) is 0 Å². The molecular weight excluding hydrogens is 620 g/mol. The molecule has 0 saturated carbocycles. The number of anilines is 5. The highest BCUT2D eigenvalue weighted by Crippen LogP contribution is 2.34. The Morgan fingerprint density at radius 2 is 1.49 bits per heavy atom. The van der Waals surface area contributed by atoms with E-state index in [1.807, 2.05) is 44.2 Å². The molecule has 0 spiro atoms. The van der Waals surface area contributed by atoms with Crippen LogP contribution in [0.5, 0.6) is 0 Å². The lowest BCUT2D eigenvalue weighted by molar-refractivity contribution is -0.137. The highest BCUT2D eigenvalue weighted by molar-refractivity contribution is 7.20. The minimum absolute atomic E-state index is 0.300. The van der Waals surface area contributed by atoms with Crippen LogP contribution in [0.4, 0.5) is 51.1 Å². The summed E-state index contributed by atoms with van der Waals surface area (Å²) >= 11 is 2.77. The van der Waals surface area contributed by atoms with Crippen LogP contribution in [0.3, 0.4) is 0 Å². The van der Waals surface area contributed by atoms with Gasteiger partial charge in [0.15, 0.2) is 5.82 Å². The lowest BCUT2D eigenvalue weighted by Gasteiger charge is -2.15. The number of thiophene rings is 1. The molecule has 6 rings (SSSR count). The summed E-state index contributed by atoms with van der Waals surface area (Å²) in [6.07, 6.45) is -1.87. The van der Waals surface area contributed by atoms with Crippen molar-refractivity contribution in [2.45, 2.75) is 32.9 Å². The molecule has 1 aliphatic heterocycles. The lowest BCUT2D eigenvalue weighted by atomic mass is 10.1. The molecule has 3 aromatic carbocycles. The number of halogens is 3. The van der Waals surface area contributed by atoms with Gasteiger partial charge in [-0.05, 0) is 98.5 Å². The molecule has 0 radical (unpaired) electrons. The molecular formula is C31H30F3N9S2. The second-order valence-electron chi connectivity index (χ2n) is 10.5. The Labute approximate surface area is 266 Å². The van der Waals surface area contributed by atoms with E-state index in [1.165, 1.54) is 30.0 Å². The van der Waals surface area contributed by atoms with Crippen molar-refractivity contribution in [3.8, 4) is 11.4 Å². The molecule has 0 unspecified atom stereocenters. The third-order valence-electron chi connectivity index (χ3n) is 7.23. The maximum Gasteiger partial charge on any atom is 0.416 e. The molecule has 3 heterocycles. The predicted molar refractivity (Wildman–Crippen MR) is 177 cm³/mol. The minimum atomic E-state index is -4.39. The molecule has 4 N–H and O–H groups in total. The van der Waals surface area contributed by atoms with Crippen LogP contribution in [0.1, 0.15) is 29.5 Å². The number of nitrogens with one attached hydrogen (secondary N) is 4. The van der Waals surface area contributed by atoms with E-state index in [0.717, 1.165) is 69.9 Å². The fraction of sp³-hybridized carbons (Fsp3) is 0.226. The fourth-order valence-corrected chi connectivity index (χ4v) is 6.21. The average molecular weight is 650 g/mol. The van der Waals surface area contributed by atoms with Crippen molar-refractivity contribution in [2.75, 3.05) is 39.7 Å². The Kier molecular flexibility index (Phi) is 8.85.